The van der Waals surface area contributed by atoms with Gasteiger partial charge in [-0.3, -0.25) is 14.9 Å². The van der Waals surface area contributed by atoms with E-state index in [0.717, 1.165) is 0 Å². The van der Waals surface area contributed by atoms with Gasteiger partial charge in [-0.25, -0.2) is 0 Å². The molecule has 1 aromatic carbocycles. The molecule has 17 heavy (non-hydrogen) atoms. The SMILES string of the molecule is CCC([C]=O)(C#N)Oc1ccccc1[N+](=O)[O-]. The van der Waals surface area contributed by atoms with Gasteiger partial charge in [0.15, 0.2) is 5.75 Å². The molecule has 6 heteroatoms. The molecule has 0 heterocycles. The number of rotatable bonds is 5. The zero-order chi connectivity index (χ0) is 12.9. The molecule has 1 radical (unpaired) electrons. The Morgan fingerprint density at radius 3 is 2.65 bits per heavy atom. The fourth-order valence-electron chi connectivity index (χ4n) is 1.17. The summed E-state index contributed by atoms with van der Waals surface area (Å²) in [4.78, 5) is 20.8. The van der Waals surface area contributed by atoms with Gasteiger partial charge in [0, 0.05) is 12.5 Å². The molecule has 1 atom stereocenters. The summed E-state index contributed by atoms with van der Waals surface area (Å²) >= 11 is 0. The Bertz CT molecular complexity index is 481. The molecule has 6 nitrogen and oxygen atoms in total. The molecule has 0 saturated carbocycles. The van der Waals surface area contributed by atoms with Crippen LogP contribution >= 0.6 is 0 Å². The Labute approximate surface area is 97.6 Å². The number of nitrogens with zero attached hydrogens (tertiary/aromatic N) is 2. The Balaban J connectivity index is 3.15. The topological polar surface area (TPSA) is 93.2 Å². The van der Waals surface area contributed by atoms with Gasteiger partial charge in [-0.1, -0.05) is 19.1 Å². The average Bonchev–Trinajstić information content (AvgIpc) is 2.36. The van der Waals surface area contributed by atoms with Crippen LogP contribution in [0.1, 0.15) is 13.3 Å². The van der Waals surface area contributed by atoms with Crippen LogP contribution in [0.5, 0.6) is 5.75 Å². The van der Waals surface area contributed by atoms with Crippen molar-refractivity contribution >= 4 is 12.0 Å². The Morgan fingerprint density at radius 1 is 1.53 bits per heavy atom. The molecule has 0 N–H and O–H groups in total. The van der Waals surface area contributed by atoms with Crippen molar-refractivity contribution in [3.8, 4) is 11.8 Å². The molecule has 0 spiro atoms. The number of carbonyl (C=O) groups excluding carboxylic acids is 1. The van der Waals surface area contributed by atoms with Gasteiger partial charge >= 0.3 is 5.69 Å². The second-order valence-electron chi connectivity index (χ2n) is 3.22. The monoisotopic (exact) mass is 233 g/mol. The number of ether oxygens (including phenoxy) is 1. The predicted molar refractivity (Wildman–Crippen MR) is 58.1 cm³/mol. The highest BCUT2D eigenvalue weighted by Crippen LogP contribution is 2.29. The maximum Gasteiger partial charge on any atom is 0.311 e. The predicted octanol–water partition coefficient (Wildman–Crippen LogP) is 1.76. The first-order valence-electron chi connectivity index (χ1n) is 4.81. The van der Waals surface area contributed by atoms with Crippen LogP contribution in [-0.2, 0) is 4.79 Å². The third kappa shape index (κ3) is 2.58. The standard InChI is InChI=1S/C11H9N2O4/c1-2-11(7-12,8-14)17-10-6-4-3-5-9(10)13(15)16/h3-6H,2H2,1H3. The lowest BCUT2D eigenvalue weighted by Gasteiger charge is -2.18. The van der Waals surface area contributed by atoms with E-state index in [4.69, 9.17) is 10.00 Å². The lowest BCUT2D eigenvalue weighted by atomic mass is 10.1. The van der Waals surface area contributed by atoms with E-state index in [1.54, 1.807) is 13.0 Å². The van der Waals surface area contributed by atoms with Gasteiger partial charge in [0.2, 0.25) is 0 Å². The maximum absolute atomic E-state index is 10.7. The van der Waals surface area contributed by atoms with Crippen molar-refractivity contribution < 1.29 is 14.5 Å². The zero-order valence-corrected chi connectivity index (χ0v) is 9.04. The summed E-state index contributed by atoms with van der Waals surface area (Å²) in [6, 6.07) is 7.21. The van der Waals surface area contributed by atoms with Gasteiger partial charge in [0.25, 0.3) is 11.9 Å². The molecule has 0 saturated heterocycles. The van der Waals surface area contributed by atoms with Crippen LogP contribution in [0.2, 0.25) is 0 Å². The summed E-state index contributed by atoms with van der Waals surface area (Å²) in [5.74, 6) is -0.121. The third-order valence-corrected chi connectivity index (χ3v) is 2.19. The number of nitriles is 1. The minimum absolute atomic E-state index is 0.0546. The fourth-order valence-corrected chi connectivity index (χ4v) is 1.17. The molecule has 0 aliphatic rings. The largest absolute Gasteiger partial charge is 0.457 e. The first-order chi connectivity index (χ1) is 8.08. The second-order valence-corrected chi connectivity index (χ2v) is 3.22. The van der Waals surface area contributed by atoms with Crippen molar-refractivity contribution in [1.82, 2.24) is 0 Å². The van der Waals surface area contributed by atoms with Crippen molar-refractivity contribution in [2.24, 2.45) is 0 Å². The molecule has 1 unspecified atom stereocenters. The molecule has 1 rings (SSSR count). The van der Waals surface area contributed by atoms with Crippen molar-refractivity contribution in [1.29, 1.82) is 5.26 Å². The van der Waals surface area contributed by atoms with Gasteiger partial charge in [-0.05, 0) is 6.07 Å². The molecular formula is C11H9N2O4. The number of para-hydroxylation sites is 2. The van der Waals surface area contributed by atoms with Crippen LogP contribution in [0.4, 0.5) is 5.69 Å². The van der Waals surface area contributed by atoms with Gasteiger partial charge in [0.1, 0.15) is 6.07 Å². The summed E-state index contributed by atoms with van der Waals surface area (Å²) in [5, 5.41) is 19.6. The van der Waals surface area contributed by atoms with Crippen molar-refractivity contribution in [3.63, 3.8) is 0 Å². The summed E-state index contributed by atoms with van der Waals surface area (Å²) in [6.07, 6.45) is 1.53. The lowest BCUT2D eigenvalue weighted by Crippen LogP contribution is -2.35. The Kier molecular flexibility index (Phi) is 3.78. The molecule has 0 fully saturated rings. The number of benzene rings is 1. The summed E-state index contributed by atoms with van der Waals surface area (Å²) < 4.78 is 5.12. The average molecular weight is 233 g/mol. The highest BCUT2D eigenvalue weighted by molar-refractivity contribution is 5.69. The van der Waals surface area contributed by atoms with Crippen LogP contribution in [0.25, 0.3) is 0 Å². The van der Waals surface area contributed by atoms with Crippen LogP contribution in [0, 0.1) is 21.4 Å². The van der Waals surface area contributed by atoms with E-state index >= 15 is 0 Å². The summed E-state index contributed by atoms with van der Waals surface area (Å²) in [6.45, 7) is 1.56. The Hall–Kier alpha value is -2.42. The molecule has 0 aromatic heterocycles. The normalized spacial score (nSPS) is 13.2. The van der Waals surface area contributed by atoms with Crippen LogP contribution < -0.4 is 4.74 Å². The second kappa shape index (κ2) is 5.07. The smallest absolute Gasteiger partial charge is 0.311 e. The third-order valence-electron chi connectivity index (χ3n) is 2.19. The zero-order valence-electron chi connectivity index (χ0n) is 9.04. The van der Waals surface area contributed by atoms with Crippen molar-refractivity contribution in [3.05, 3.63) is 34.4 Å². The lowest BCUT2D eigenvalue weighted by molar-refractivity contribution is -0.386. The molecule has 0 bridgehead atoms. The van der Waals surface area contributed by atoms with E-state index in [9.17, 15) is 14.9 Å². The first kappa shape index (κ1) is 12.6. The quantitative estimate of drug-likeness (QED) is 0.570. The molecule has 87 valence electrons. The van der Waals surface area contributed by atoms with Crippen molar-refractivity contribution in [2.45, 2.75) is 18.9 Å². The summed E-state index contributed by atoms with van der Waals surface area (Å²) in [5.41, 5.74) is -2.10. The van der Waals surface area contributed by atoms with E-state index in [-0.39, 0.29) is 17.9 Å². The molecule has 0 amide bonds. The van der Waals surface area contributed by atoms with E-state index < -0.39 is 10.5 Å². The Morgan fingerprint density at radius 2 is 2.18 bits per heavy atom. The van der Waals surface area contributed by atoms with Crippen LogP contribution in [0.15, 0.2) is 24.3 Å². The molecular weight excluding hydrogens is 224 g/mol. The van der Waals surface area contributed by atoms with E-state index in [2.05, 4.69) is 0 Å². The fraction of sp³-hybridized carbons (Fsp3) is 0.273. The number of nitro groups is 1. The highest BCUT2D eigenvalue weighted by atomic mass is 16.6. The van der Waals surface area contributed by atoms with Gasteiger partial charge in [0.05, 0.1) is 4.92 Å². The van der Waals surface area contributed by atoms with E-state index in [1.807, 2.05) is 0 Å². The number of nitro benzene ring substituents is 1. The minimum atomic E-state index is -1.80. The van der Waals surface area contributed by atoms with Crippen LogP contribution in [-0.4, -0.2) is 16.8 Å². The first-order valence-corrected chi connectivity index (χ1v) is 4.81. The molecule has 1 aromatic rings. The molecule has 0 aliphatic carbocycles. The summed E-state index contributed by atoms with van der Waals surface area (Å²) in [7, 11) is 0. The number of hydrogen-bond acceptors (Lipinski definition) is 5. The highest BCUT2D eigenvalue weighted by Gasteiger charge is 2.33. The maximum atomic E-state index is 10.7. The number of hydrogen-bond donors (Lipinski definition) is 0. The minimum Gasteiger partial charge on any atom is -0.457 e. The van der Waals surface area contributed by atoms with E-state index in [0.29, 0.717) is 0 Å². The van der Waals surface area contributed by atoms with Crippen molar-refractivity contribution in [2.75, 3.05) is 0 Å². The van der Waals surface area contributed by atoms with Gasteiger partial charge in [-0.15, -0.1) is 0 Å². The van der Waals surface area contributed by atoms with Gasteiger partial charge in [-0.2, -0.15) is 5.26 Å². The van der Waals surface area contributed by atoms with Gasteiger partial charge < -0.3 is 4.74 Å². The van der Waals surface area contributed by atoms with Crippen LogP contribution in [0.3, 0.4) is 0 Å². The van der Waals surface area contributed by atoms with E-state index in [1.165, 1.54) is 30.6 Å². The molecule has 0 aliphatic heterocycles.